The van der Waals surface area contributed by atoms with E-state index in [1.165, 1.54) is 23.6 Å². The highest BCUT2D eigenvalue weighted by Gasteiger charge is 2.28. The first-order chi connectivity index (χ1) is 9.49. The van der Waals surface area contributed by atoms with Crippen molar-refractivity contribution in [2.75, 3.05) is 19.7 Å². The summed E-state index contributed by atoms with van der Waals surface area (Å²) in [5, 5.41) is 9.08. The van der Waals surface area contributed by atoms with Crippen molar-refractivity contribution in [3.63, 3.8) is 0 Å². The van der Waals surface area contributed by atoms with Crippen molar-refractivity contribution in [2.45, 2.75) is 64.8 Å². The van der Waals surface area contributed by atoms with Crippen LogP contribution in [0.4, 0.5) is 0 Å². The molecule has 0 aliphatic carbocycles. The number of nitrogens with one attached hydrogen (secondary N) is 1. The lowest BCUT2D eigenvalue weighted by molar-refractivity contribution is 0.169. The molecule has 0 radical (unpaired) electrons. The van der Waals surface area contributed by atoms with Crippen LogP contribution in [0.2, 0.25) is 0 Å². The third-order valence-corrected chi connectivity index (χ3v) is 5.76. The second-order valence-corrected chi connectivity index (χ2v) is 7.60. The number of nitrogens with zero attached hydrogens (tertiary/aromatic N) is 1. The van der Waals surface area contributed by atoms with Gasteiger partial charge in [0.15, 0.2) is 0 Å². The highest BCUT2D eigenvalue weighted by molar-refractivity contribution is 7.87. The summed E-state index contributed by atoms with van der Waals surface area (Å²) in [5.74, 6) is 0.257. The Kier molecular flexibility index (Phi) is 8.02. The molecule has 0 bridgehead atoms. The lowest BCUT2D eigenvalue weighted by Crippen LogP contribution is -2.47. The third-order valence-electron chi connectivity index (χ3n) is 4.01. The lowest BCUT2D eigenvalue weighted by atomic mass is 10.00. The Bertz CT molecular complexity index is 351. The van der Waals surface area contributed by atoms with Crippen LogP contribution in [0.1, 0.15) is 58.8 Å². The second-order valence-electron chi connectivity index (χ2n) is 5.90. The van der Waals surface area contributed by atoms with E-state index in [1.54, 1.807) is 0 Å². The maximum atomic E-state index is 12.2. The molecule has 5 nitrogen and oxygen atoms in total. The molecule has 1 fully saturated rings. The Hall–Kier alpha value is -0.170. The number of aliphatic hydroxyl groups is 1. The van der Waals surface area contributed by atoms with E-state index in [9.17, 15) is 8.42 Å². The van der Waals surface area contributed by atoms with Crippen LogP contribution in [0.3, 0.4) is 0 Å². The van der Waals surface area contributed by atoms with E-state index in [0.29, 0.717) is 13.1 Å². The van der Waals surface area contributed by atoms with Crippen molar-refractivity contribution in [3.8, 4) is 0 Å². The minimum atomic E-state index is -3.36. The molecule has 1 rings (SSSR count). The van der Waals surface area contributed by atoms with Gasteiger partial charge in [0.25, 0.3) is 10.2 Å². The number of aliphatic hydroxyl groups excluding tert-OH is 1. The fraction of sp³-hybridized carbons (Fsp3) is 1.00. The van der Waals surface area contributed by atoms with Crippen LogP contribution in [0.25, 0.3) is 0 Å². The number of rotatable bonds is 9. The number of hydrogen-bond donors (Lipinski definition) is 2. The maximum absolute atomic E-state index is 12.2. The molecule has 20 heavy (non-hydrogen) atoms. The fourth-order valence-electron chi connectivity index (χ4n) is 2.60. The summed E-state index contributed by atoms with van der Waals surface area (Å²) in [7, 11) is -3.36. The molecule has 1 saturated heterocycles. The summed E-state index contributed by atoms with van der Waals surface area (Å²) in [6.45, 7) is 5.30. The minimum absolute atomic E-state index is 0.00702. The van der Waals surface area contributed by atoms with Crippen molar-refractivity contribution < 1.29 is 13.5 Å². The monoisotopic (exact) mass is 306 g/mol. The lowest BCUT2D eigenvalue weighted by Gasteiger charge is -2.31. The Morgan fingerprint density at radius 1 is 1.25 bits per heavy atom. The van der Waals surface area contributed by atoms with E-state index in [1.807, 2.05) is 6.92 Å². The molecule has 0 amide bonds. The first kappa shape index (κ1) is 17.9. The molecule has 1 atom stereocenters. The van der Waals surface area contributed by atoms with Gasteiger partial charge in [0, 0.05) is 25.7 Å². The molecule has 1 aliphatic heterocycles. The Labute approximate surface area is 123 Å². The predicted octanol–water partition coefficient (Wildman–Crippen LogP) is 1.88. The average molecular weight is 306 g/mol. The van der Waals surface area contributed by atoms with Crippen molar-refractivity contribution >= 4 is 10.2 Å². The molecule has 0 aromatic rings. The van der Waals surface area contributed by atoms with Crippen molar-refractivity contribution in [1.82, 2.24) is 9.03 Å². The van der Waals surface area contributed by atoms with Crippen LogP contribution < -0.4 is 4.72 Å². The van der Waals surface area contributed by atoms with Gasteiger partial charge in [-0.25, -0.2) is 0 Å². The van der Waals surface area contributed by atoms with Crippen LogP contribution in [-0.2, 0) is 10.2 Å². The topological polar surface area (TPSA) is 69.6 Å². The SMILES string of the molecule is CCCCCCC(C)NS(=O)(=O)N1CCC(CO)CC1. The highest BCUT2D eigenvalue weighted by Crippen LogP contribution is 2.18. The zero-order chi connectivity index (χ0) is 15.0. The summed E-state index contributed by atoms with van der Waals surface area (Å²) < 4.78 is 28.8. The normalized spacial score (nSPS) is 20.1. The van der Waals surface area contributed by atoms with Crippen LogP contribution in [0.5, 0.6) is 0 Å². The van der Waals surface area contributed by atoms with Gasteiger partial charge in [0.05, 0.1) is 0 Å². The van der Waals surface area contributed by atoms with Crippen molar-refractivity contribution in [2.24, 2.45) is 5.92 Å². The predicted molar refractivity (Wildman–Crippen MR) is 81.7 cm³/mol. The van der Waals surface area contributed by atoms with Crippen LogP contribution >= 0.6 is 0 Å². The molecule has 1 unspecified atom stereocenters. The first-order valence-corrected chi connectivity index (χ1v) is 9.31. The summed E-state index contributed by atoms with van der Waals surface area (Å²) >= 11 is 0. The quantitative estimate of drug-likeness (QED) is 0.639. The molecule has 0 aromatic heterocycles. The zero-order valence-electron chi connectivity index (χ0n) is 12.8. The number of hydrogen-bond acceptors (Lipinski definition) is 3. The molecule has 120 valence electrons. The molecule has 2 N–H and O–H groups in total. The van der Waals surface area contributed by atoms with E-state index >= 15 is 0 Å². The molecular formula is C14H30N2O3S. The molecule has 0 spiro atoms. The van der Waals surface area contributed by atoms with Gasteiger partial charge in [-0.1, -0.05) is 32.6 Å². The summed E-state index contributed by atoms with van der Waals surface area (Å²) in [6, 6.07) is -0.00702. The molecule has 1 heterocycles. The number of unbranched alkanes of at least 4 members (excludes halogenated alkanes) is 3. The first-order valence-electron chi connectivity index (χ1n) is 7.87. The standard InChI is InChI=1S/C14H30N2O3S/c1-3-4-5-6-7-13(2)15-20(18,19)16-10-8-14(12-17)9-11-16/h13-15,17H,3-12H2,1-2H3. The summed E-state index contributed by atoms with van der Waals surface area (Å²) in [5.41, 5.74) is 0. The van der Waals surface area contributed by atoms with Gasteiger partial charge in [-0.15, -0.1) is 0 Å². The Morgan fingerprint density at radius 2 is 1.90 bits per heavy atom. The van der Waals surface area contributed by atoms with Gasteiger partial charge in [-0.2, -0.15) is 17.4 Å². The van der Waals surface area contributed by atoms with E-state index < -0.39 is 10.2 Å². The van der Waals surface area contributed by atoms with Crippen LogP contribution in [0.15, 0.2) is 0 Å². The van der Waals surface area contributed by atoms with Gasteiger partial charge in [0.2, 0.25) is 0 Å². The second kappa shape index (κ2) is 8.97. The van der Waals surface area contributed by atoms with Gasteiger partial charge in [0.1, 0.15) is 0 Å². The molecule has 0 saturated carbocycles. The van der Waals surface area contributed by atoms with Gasteiger partial charge in [-0.3, -0.25) is 0 Å². The van der Waals surface area contributed by atoms with Gasteiger partial charge < -0.3 is 5.11 Å². The largest absolute Gasteiger partial charge is 0.396 e. The van der Waals surface area contributed by atoms with Gasteiger partial charge in [-0.05, 0) is 32.1 Å². The molecule has 6 heteroatoms. The highest BCUT2D eigenvalue weighted by atomic mass is 32.2. The maximum Gasteiger partial charge on any atom is 0.279 e. The molecule has 1 aliphatic rings. The average Bonchev–Trinajstić information content (AvgIpc) is 2.43. The molecule has 0 aromatic carbocycles. The Morgan fingerprint density at radius 3 is 2.45 bits per heavy atom. The zero-order valence-corrected chi connectivity index (χ0v) is 13.7. The van der Waals surface area contributed by atoms with Crippen LogP contribution in [0, 0.1) is 5.92 Å². The third kappa shape index (κ3) is 6.08. The van der Waals surface area contributed by atoms with E-state index in [0.717, 1.165) is 25.7 Å². The van der Waals surface area contributed by atoms with E-state index in [-0.39, 0.29) is 18.6 Å². The van der Waals surface area contributed by atoms with Gasteiger partial charge >= 0.3 is 0 Å². The Balaban J connectivity index is 2.33. The minimum Gasteiger partial charge on any atom is -0.396 e. The summed E-state index contributed by atoms with van der Waals surface area (Å²) in [6.07, 6.45) is 7.06. The smallest absolute Gasteiger partial charge is 0.279 e. The molecular weight excluding hydrogens is 276 g/mol. The fourth-order valence-corrected chi connectivity index (χ4v) is 4.06. The number of piperidine rings is 1. The summed E-state index contributed by atoms with van der Waals surface area (Å²) in [4.78, 5) is 0. The van der Waals surface area contributed by atoms with E-state index in [4.69, 9.17) is 5.11 Å². The van der Waals surface area contributed by atoms with Crippen LogP contribution in [-0.4, -0.2) is 43.6 Å². The van der Waals surface area contributed by atoms with Crippen molar-refractivity contribution in [1.29, 1.82) is 0 Å². The van der Waals surface area contributed by atoms with Crippen molar-refractivity contribution in [3.05, 3.63) is 0 Å². The van der Waals surface area contributed by atoms with E-state index in [2.05, 4.69) is 11.6 Å².